The molecule has 3 aromatic rings. The van der Waals surface area contributed by atoms with E-state index in [0.29, 0.717) is 23.2 Å². The molecule has 0 bridgehead atoms. The van der Waals surface area contributed by atoms with E-state index >= 15 is 0 Å². The smallest absolute Gasteiger partial charge is 0.427 e. The molecule has 0 spiro atoms. The van der Waals surface area contributed by atoms with Crippen molar-refractivity contribution < 1.29 is 19.1 Å². The van der Waals surface area contributed by atoms with E-state index in [1.807, 2.05) is 37.3 Å². The molecular weight excluding hydrogens is 458 g/mol. The summed E-state index contributed by atoms with van der Waals surface area (Å²) < 4.78 is 10.3. The fourth-order valence-corrected chi connectivity index (χ4v) is 4.46. The van der Waals surface area contributed by atoms with Gasteiger partial charge in [0.25, 0.3) is 0 Å². The Hall–Kier alpha value is -3.65. The number of nitrogens with one attached hydrogen (secondary N) is 1. The number of hydrogen-bond acceptors (Lipinski definition) is 7. The highest BCUT2D eigenvalue weighted by Crippen LogP contribution is 2.39. The monoisotopic (exact) mass is 493 g/mol. The van der Waals surface area contributed by atoms with Gasteiger partial charge in [0.2, 0.25) is 0 Å². The lowest BCUT2D eigenvalue weighted by Gasteiger charge is -2.32. The quantitative estimate of drug-likeness (QED) is 0.219. The molecular formula is C28H35N3O5. The van der Waals surface area contributed by atoms with Crippen LogP contribution in [0.4, 0.5) is 4.79 Å². The summed E-state index contributed by atoms with van der Waals surface area (Å²) in [6.07, 6.45) is 1.39. The van der Waals surface area contributed by atoms with Crippen LogP contribution in [0.3, 0.4) is 0 Å². The Morgan fingerprint density at radius 1 is 1.14 bits per heavy atom. The second-order valence-corrected chi connectivity index (χ2v) is 8.75. The molecule has 1 aromatic heterocycles. The molecule has 2 atom stereocenters. The number of carbonyl (C=O) groups excluding carboxylic acids is 1. The third-order valence-electron chi connectivity index (χ3n) is 6.47. The zero-order valence-corrected chi connectivity index (χ0v) is 21.4. The molecule has 2 aromatic carbocycles. The number of carbonyl (C=O) groups is 1. The fourth-order valence-electron chi connectivity index (χ4n) is 4.46. The molecule has 0 aliphatic carbocycles. The first-order valence-corrected chi connectivity index (χ1v) is 12.3. The Balaban J connectivity index is 2.23. The molecule has 192 valence electrons. The van der Waals surface area contributed by atoms with E-state index in [2.05, 4.69) is 34.0 Å². The molecule has 0 fully saturated rings. The number of unbranched alkanes of at least 4 members (excludes halogenated alkanes) is 1. The molecule has 36 heavy (non-hydrogen) atoms. The predicted octanol–water partition coefficient (Wildman–Crippen LogP) is 5.10. The Morgan fingerprint density at radius 2 is 1.83 bits per heavy atom. The summed E-state index contributed by atoms with van der Waals surface area (Å²) in [4.78, 5) is 27.4. The van der Waals surface area contributed by atoms with Gasteiger partial charge in [-0.15, -0.1) is 0 Å². The van der Waals surface area contributed by atoms with Crippen molar-refractivity contribution in [2.24, 2.45) is 11.0 Å². The number of hydrogen-bond donors (Lipinski definition) is 2. The minimum atomic E-state index is -0.684. The maximum atomic E-state index is 13.4. The molecule has 1 heterocycles. The van der Waals surface area contributed by atoms with E-state index in [4.69, 9.17) is 4.42 Å². The number of fused-ring (bicyclic) bond motifs is 1. The van der Waals surface area contributed by atoms with E-state index in [1.54, 1.807) is 24.3 Å². The summed E-state index contributed by atoms with van der Waals surface area (Å²) in [5.74, 6) is -1.05. The number of nitrogens with zero attached hydrogens (tertiary/aromatic N) is 2. The van der Waals surface area contributed by atoms with Gasteiger partial charge in [-0.05, 0) is 44.1 Å². The number of rotatable bonds is 11. The van der Waals surface area contributed by atoms with Crippen molar-refractivity contribution in [1.82, 2.24) is 10.3 Å². The van der Waals surface area contributed by atoms with Crippen LogP contribution in [0.15, 0.2) is 68.9 Å². The van der Waals surface area contributed by atoms with Crippen LogP contribution < -0.4 is 11.1 Å². The van der Waals surface area contributed by atoms with Crippen molar-refractivity contribution in [3.63, 3.8) is 0 Å². The van der Waals surface area contributed by atoms with Gasteiger partial charge in [-0.2, -0.15) is 5.10 Å². The third kappa shape index (κ3) is 6.31. The Labute approximate surface area is 211 Å². The van der Waals surface area contributed by atoms with E-state index in [9.17, 15) is 14.7 Å². The SMILES string of the molecule is CCCCN(CC)CC(C(C)=NNC(=O)OC)C(c1ccccc1)c1c(O)c2ccccc2oc1=O. The average Bonchev–Trinajstić information content (AvgIpc) is 2.90. The highest BCUT2D eigenvalue weighted by atomic mass is 16.5. The number of para-hydroxylation sites is 1. The van der Waals surface area contributed by atoms with Gasteiger partial charge < -0.3 is 19.2 Å². The van der Waals surface area contributed by atoms with Crippen LogP contribution in [0.1, 0.15) is 50.7 Å². The molecule has 3 rings (SSSR count). The lowest BCUT2D eigenvalue weighted by atomic mass is 9.78. The molecule has 1 amide bonds. The number of aromatic hydroxyl groups is 1. The Morgan fingerprint density at radius 3 is 2.50 bits per heavy atom. The molecule has 2 unspecified atom stereocenters. The van der Waals surface area contributed by atoms with Crippen molar-refractivity contribution in [2.75, 3.05) is 26.7 Å². The summed E-state index contributed by atoms with van der Waals surface area (Å²) in [6, 6.07) is 16.5. The summed E-state index contributed by atoms with van der Waals surface area (Å²) >= 11 is 0. The largest absolute Gasteiger partial charge is 0.507 e. The molecule has 8 heteroatoms. The molecule has 0 radical (unpaired) electrons. The summed E-state index contributed by atoms with van der Waals surface area (Å²) in [7, 11) is 1.27. The highest BCUT2D eigenvalue weighted by Gasteiger charge is 2.34. The van der Waals surface area contributed by atoms with Gasteiger partial charge in [0.05, 0.1) is 18.1 Å². The second kappa shape index (κ2) is 12.9. The van der Waals surface area contributed by atoms with Gasteiger partial charge in [-0.25, -0.2) is 15.0 Å². The molecule has 8 nitrogen and oxygen atoms in total. The number of methoxy groups -OCH3 is 1. The van der Waals surface area contributed by atoms with Crippen molar-refractivity contribution >= 4 is 22.8 Å². The maximum Gasteiger partial charge on any atom is 0.427 e. The van der Waals surface area contributed by atoms with Gasteiger partial charge in [0, 0.05) is 24.1 Å². The highest BCUT2D eigenvalue weighted by molar-refractivity contribution is 5.88. The van der Waals surface area contributed by atoms with Gasteiger partial charge in [0.15, 0.2) is 0 Å². The van der Waals surface area contributed by atoms with Crippen LogP contribution in [0, 0.1) is 5.92 Å². The van der Waals surface area contributed by atoms with E-state index < -0.39 is 17.6 Å². The van der Waals surface area contributed by atoms with Crippen molar-refractivity contribution in [1.29, 1.82) is 0 Å². The third-order valence-corrected chi connectivity index (χ3v) is 6.47. The molecule has 0 aliphatic rings. The number of benzene rings is 2. The zero-order valence-electron chi connectivity index (χ0n) is 21.4. The van der Waals surface area contributed by atoms with Crippen molar-refractivity contribution in [3.05, 3.63) is 76.1 Å². The summed E-state index contributed by atoms with van der Waals surface area (Å²) in [6.45, 7) is 8.27. The van der Waals surface area contributed by atoms with E-state index in [1.165, 1.54) is 7.11 Å². The first-order valence-electron chi connectivity index (χ1n) is 12.3. The van der Waals surface area contributed by atoms with Crippen LogP contribution >= 0.6 is 0 Å². The van der Waals surface area contributed by atoms with Crippen LogP contribution in [0.25, 0.3) is 11.0 Å². The summed E-state index contributed by atoms with van der Waals surface area (Å²) in [5.41, 5.74) is 3.73. The van der Waals surface area contributed by atoms with Crippen LogP contribution in [0.5, 0.6) is 5.75 Å². The molecule has 0 aliphatic heterocycles. The first-order chi connectivity index (χ1) is 17.4. The Kier molecular flexibility index (Phi) is 9.64. The number of ether oxygens (including phenoxy) is 1. The van der Waals surface area contributed by atoms with Gasteiger partial charge >= 0.3 is 11.7 Å². The van der Waals surface area contributed by atoms with Gasteiger partial charge in [-0.1, -0.05) is 62.7 Å². The van der Waals surface area contributed by atoms with E-state index in [0.717, 1.165) is 31.5 Å². The minimum absolute atomic E-state index is 0.106. The predicted molar refractivity (Wildman–Crippen MR) is 142 cm³/mol. The fraction of sp³-hybridized carbons (Fsp3) is 0.393. The van der Waals surface area contributed by atoms with Crippen LogP contribution in [-0.4, -0.2) is 48.6 Å². The van der Waals surface area contributed by atoms with Crippen molar-refractivity contribution in [2.45, 2.75) is 39.5 Å². The average molecular weight is 494 g/mol. The van der Waals surface area contributed by atoms with E-state index in [-0.39, 0.29) is 17.2 Å². The first kappa shape index (κ1) is 26.9. The normalized spacial score (nSPS) is 13.5. The van der Waals surface area contributed by atoms with Gasteiger partial charge in [0.1, 0.15) is 11.3 Å². The standard InChI is InChI=1S/C28H35N3O5/c1-5-7-17-31(6-2)18-22(19(3)29-30-28(34)35-4)24(20-13-9-8-10-14-20)25-26(32)21-15-11-12-16-23(21)36-27(25)33/h8-16,22,24,32H,5-7,17-18H2,1-4H3,(H,30,34). The Bertz CT molecular complexity index is 1240. The van der Waals surface area contributed by atoms with Crippen LogP contribution in [0.2, 0.25) is 0 Å². The number of hydrazone groups is 1. The van der Waals surface area contributed by atoms with Crippen LogP contribution in [-0.2, 0) is 4.74 Å². The number of amides is 1. The minimum Gasteiger partial charge on any atom is -0.507 e. The van der Waals surface area contributed by atoms with Gasteiger partial charge in [-0.3, -0.25) is 0 Å². The lowest BCUT2D eigenvalue weighted by Crippen LogP contribution is -2.38. The molecule has 0 saturated heterocycles. The molecule has 2 N–H and O–H groups in total. The topological polar surface area (TPSA) is 104 Å². The second-order valence-electron chi connectivity index (χ2n) is 8.75. The maximum absolute atomic E-state index is 13.4. The van der Waals surface area contributed by atoms with Crippen molar-refractivity contribution in [3.8, 4) is 5.75 Å². The lowest BCUT2D eigenvalue weighted by molar-refractivity contribution is 0.171. The molecule has 0 saturated carbocycles. The zero-order chi connectivity index (χ0) is 26.1. The summed E-state index contributed by atoms with van der Waals surface area (Å²) in [5, 5.41) is 16.2.